The van der Waals surface area contributed by atoms with E-state index in [0.29, 0.717) is 12.2 Å². The number of aliphatic carboxylic acids is 2. The summed E-state index contributed by atoms with van der Waals surface area (Å²) in [6, 6.07) is 8.52. The van der Waals surface area contributed by atoms with Crippen molar-refractivity contribution in [2.24, 2.45) is 11.8 Å². The van der Waals surface area contributed by atoms with Gasteiger partial charge in [0.15, 0.2) is 5.58 Å². The molecule has 1 saturated carbocycles. The number of hydrogen-bond donors (Lipinski definition) is 2. The predicted molar refractivity (Wildman–Crippen MR) is 159 cm³/mol. The van der Waals surface area contributed by atoms with Gasteiger partial charge in [-0.15, -0.1) is 11.3 Å². The van der Waals surface area contributed by atoms with E-state index in [2.05, 4.69) is 47.3 Å². The summed E-state index contributed by atoms with van der Waals surface area (Å²) in [5.41, 5.74) is 3.86. The van der Waals surface area contributed by atoms with E-state index in [1.807, 2.05) is 11.4 Å². The number of thiophene rings is 1. The Kier molecular flexibility index (Phi) is 11.1. The maximum Gasteiger partial charge on any atom is 0.328 e. The number of rotatable bonds is 12. The van der Waals surface area contributed by atoms with E-state index in [1.54, 1.807) is 11.3 Å². The Hall–Kier alpha value is -3.72. The molecule has 2 fully saturated rings. The second-order valence-electron chi connectivity index (χ2n) is 11.2. The van der Waals surface area contributed by atoms with Crippen molar-refractivity contribution in [2.45, 2.75) is 51.6 Å². The standard InChI is InChI=1S/C27H34N4O2S.C4H4O4/c1-30(2)16-24-26(32-17-20-3-4-20)8-6-23-25(29-33-27(23)24)7-5-19-9-11-31(12-10-19)15-22-13-21(14-28)18-34-22;5-3(6)1-2-4(7)8/h6,8,13,18-20H,3-5,7,9-12,15-17H2,1-2H3;1-2H,(H,5,6)(H,7,8). The number of carboxylic acid groups (broad SMARTS) is 2. The maximum absolute atomic E-state index is 9.55. The molecule has 3 aromatic rings. The Morgan fingerprint density at radius 2 is 1.88 bits per heavy atom. The molecule has 0 unspecified atom stereocenters. The van der Waals surface area contributed by atoms with Gasteiger partial charge in [-0.2, -0.15) is 5.26 Å². The van der Waals surface area contributed by atoms with Crippen LogP contribution in [-0.2, 0) is 29.1 Å². The van der Waals surface area contributed by atoms with Crippen molar-refractivity contribution in [3.63, 3.8) is 0 Å². The number of carbonyl (C=O) groups is 2. The lowest BCUT2D eigenvalue weighted by atomic mass is 9.91. The van der Waals surface area contributed by atoms with Gasteiger partial charge in [0.2, 0.25) is 0 Å². The molecule has 2 aromatic heterocycles. The van der Waals surface area contributed by atoms with E-state index in [-0.39, 0.29) is 0 Å². The normalized spacial score (nSPS) is 16.0. The van der Waals surface area contributed by atoms with Crippen LogP contribution in [0.25, 0.3) is 11.0 Å². The maximum atomic E-state index is 9.55. The van der Waals surface area contributed by atoms with Gasteiger partial charge in [-0.25, -0.2) is 9.59 Å². The lowest BCUT2D eigenvalue weighted by molar-refractivity contribution is -0.134. The third-order valence-corrected chi connectivity index (χ3v) is 8.37. The number of aromatic nitrogens is 1. The zero-order valence-corrected chi connectivity index (χ0v) is 24.9. The number of aryl methyl sites for hydroxylation is 1. The molecule has 0 atom stereocenters. The van der Waals surface area contributed by atoms with Crippen molar-refractivity contribution in [3.8, 4) is 11.8 Å². The monoisotopic (exact) mass is 594 g/mol. The van der Waals surface area contributed by atoms with Crippen LogP contribution in [0.15, 0.2) is 40.3 Å². The third-order valence-electron chi connectivity index (χ3n) is 7.45. The van der Waals surface area contributed by atoms with Crippen LogP contribution in [0.5, 0.6) is 5.75 Å². The quantitative estimate of drug-likeness (QED) is 0.270. The molecule has 1 aromatic carbocycles. The molecule has 0 amide bonds. The Morgan fingerprint density at radius 3 is 2.48 bits per heavy atom. The fourth-order valence-electron chi connectivity index (χ4n) is 5.02. The molecule has 2 N–H and O–H groups in total. The Labute approximate surface area is 249 Å². The Bertz CT molecular complexity index is 1410. The molecule has 5 rings (SSSR count). The zero-order chi connectivity index (χ0) is 30.1. The van der Waals surface area contributed by atoms with Crippen molar-refractivity contribution >= 4 is 34.2 Å². The molecule has 0 radical (unpaired) electrons. The van der Waals surface area contributed by atoms with Crippen molar-refractivity contribution in [3.05, 3.63) is 57.4 Å². The summed E-state index contributed by atoms with van der Waals surface area (Å²) < 4.78 is 12.1. The highest BCUT2D eigenvalue weighted by atomic mass is 32.1. The molecule has 0 spiro atoms. The highest BCUT2D eigenvalue weighted by Gasteiger charge is 2.25. The van der Waals surface area contributed by atoms with Crippen molar-refractivity contribution in [1.29, 1.82) is 5.26 Å². The lowest BCUT2D eigenvalue weighted by Crippen LogP contribution is -2.33. The molecule has 1 aliphatic heterocycles. The van der Waals surface area contributed by atoms with E-state index in [9.17, 15) is 9.59 Å². The van der Waals surface area contributed by atoms with Gasteiger partial charge in [0.1, 0.15) is 11.8 Å². The molecular formula is C31H38N4O6S. The van der Waals surface area contributed by atoms with Gasteiger partial charge in [0, 0.05) is 40.9 Å². The van der Waals surface area contributed by atoms with E-state index in [4.69, 9.17) is 24.7 Å². The second-order valence-corrected chi connectivity index (χ2v) is 12.2. The SMILES string of the molecule is CN(C)Cc1c(OCC2CC2)ccc2c(CCC3CCN(Cc4cc(C#N)cs4)CC3)noc12.O=C(O)C=CC(=O)O. The van der Waals surface area contributed by atoms with Crippen LogP contribution in [0, 0.1) is 23.2 Å². The van der Waals surface area contributed by atoms with E-state index < -0.39 is 11.9 Å². The first-order chi connectivity index (χ1) is 20.2. The van der Waals surface area contributed by atoms with Crippen molar-refractivity contribution in [2.75, 3.05) is 33.8 Å². The van der Waals surface area contributed by atoms with Crippen LogP contribution in [-0.4, -0.2) is 70.9 Å². The van der Waals surface area contributed by atoms with E-state index in [1.165, 1.54) is 30.6 Å². The van der Waals surface area contributed by atoms with Gasteiger partial charge in [0.25, 0.3) is 0 Å². The van der Waals surface area contributed by atoms with Crippen LogP contribution < -0.4 is 4.74 Å². The lowest BCUT2D eigenvalue weighted by Gasteiger charge is -2.31. The molecule has 224 valence electrons. The largest absolute Gasteiger partial charge is 0.493 e. The molecule has 3 heterocycles. The number of ether oxygens (including phenoxy) is 1. The number of hydrogen-bond acceptors (Lipinski definition) is 9. The summed E-state index contributed by atoms with van der Waals surface area (Å²) in [7, 11) is 4.15. The number of nitrogens with zero attached hydrogens (tertiary/aromatic N) is 4. The van der Waals surface area contributed by atoms with Crippen LogP contribution in [0.4, 0.5) is 0 Å². The minimum Gasteiger partial charge on any atom is -0.493 e. The summed E-state index contributed by atoms with van der Waals surface area (Å²) in [4.78, 5) is 25.1. The first-order valence-electron chi connectivity index (χ1n) is 14.2. The minimum atomic E-state index is -1.26. The van der Waals surface area contributed by atoms with Crippen LogP contribution >= 0.6 is 11.3 Å². The number of piperidine rings is 1. The number of benzene rings is 1. The molecule has 11 heteroatoms. The summed E-state index contributed by atoms with van der Waals surface area (Å²) >= 11 is 1.70. The molecule has 1 aliphatic carbocycles. The highest BCUT2D eigenvalue weighted by Crippen LogP contribution is 2.35. The van der Waals surface area contributed by atoms with Crippen LogP contribution in [0.3, 0.4) is 0 Å². The molecule has 0 bridgehead atoms. The van der Waals surface area contributed by atoms with Gasteiger partial charge < -0.3 is 24.4 Å². The molecular weight excluding hydrogens is 556 g/mol. The van der Waals surface area contributed by atoms with Gasteiger partial charge in [-0.3, -0.25) is 4.90 Å². The van der Waals surface area contributed by atoms with E-state index in [0.717, 1.165) is 91.0 Å². The van der Waals surface area contributed by atoms with Gasteiger partial charge in [0.05, 0.1) is 23.4 Å². The predicted octanol–water partition coefficient (Wildman–Crippen LogP) is 5.17. The highest BCUT2D eigenvalue weighted by molar-refractivity contribution is 7.10. The Balaban J connectivity index is 0.000000446. The van der Waals surface area contributed by atoms with Crippen LogP contribution in [0.2, 0.25) is 0 Å². The average Bonchev–Trinajstić information content (AvgIpc) is 3.52. The molecule has 1 saturated heterocycles. The van der Waals surface area contributed by atoms with Gasteiger partial charge in [-0.05, 0) is 95.7 Å². The number of likely N-dealkylation sites (tertiary alicyclic amines) is 1. The molecule has 2 aliphatic rings. The van der Waals surface area contributed by atoms with Crippen molar-refractivity contribution < 1.29 is 29.1 Å². The van der Waals surface area contributed by atoms with E-state index >= 15 is 0 Å². The summed E-state index contributed by atoms with van der Waals surface area (Å²) in [5, 5.41) is 32.2. The summed E-state index contributed by atoms with van der Waals surface area (Å²) in [6.07, 6.45) is 8.23. The summed E-state index contributed by atoms with van der Waals surface area (Å²) in [5.74, 6) is -0.126. The van der Waals surface area contributed by atoms with Gasteiger partial charge in [-0.1, -0.05) is 5.16 Å². The van der Waals surface area contributed by atoms with Gasteiger partial charge >= 0.3 is 11.9 Å². The number of fused-ring (bicyclic) bond motifs is 1. The average molecular weight is 595 g/mol. The second kappa shape index (κ2) is 15.0. The number of nitriles is 1. The first kappa shape index (κ1) is 31.2. The Morgan fingerprint density at radius 1 is 1.17 bits per heavy atom. The fourth-order valence-corrected chi connectivity index (χ4v) is 5.88. The fraction of sp³-hybridized carbons (Fsp3) is 0.484. The van der Waals surface area contributed by atoms with Crippen LogP contribution in [0.1, 0.15) is 53.8 Å². The molecule has 10 nitrogen and oxygen atoms in total. The third kappa shape index (κ3) is 9.41. The smallest absolute Gasteiger partial charge is 0.328 e. The minimum absolute atomic E-state index is 0.558. The topological polar surface area (TPSA) is 140 Å². The number of carboxylic acids is 2. The first-order valence-corrected chi connectivity index (χ1v) is 15.1. The molecule has 42 heavy (non-hydrogen) atoms. The summed E-state index contributed by atoms with van der Waals surface area (Å²) in [6.45, 7) is 4.80. The van der Waals surface area contributed by atoms with Crippen molar-refractivity contribution in [1.82, 2.24) is 15.0 Å². The zero-order valence-electron chi connectivity index (χ0n) is 24.1.